The summed E-state index contributed by atoms with van der Waals surface area (Å²) in [5.74, 6) is 0. The highest BCUT2D eigenvalue weighted by atomic mass is 32.2. The number of nitrogens with zero attached hydrogens (tertiary/aromatic N) is 4. The first kappa shape index (κ1) is 16.6. The standard InChI is InChI=1S/C20H16N6OS/c1-26-20-13(11-22-26)5-4-8-18(20)25-28(27)14-9-10-17(21-12-14)19-15-6-2-3-7-16(15)23-24-19/h2-12,25H,1H3,(H,23,24). The molecule has 5 aromatic rings. The highest BCUT2D eigenvalue weighted by Crippen LogP contribution is 2.26. The Labute approximate surface area is 163 Å². The van der Waals surface area contributed by atoms with Crippen LogP contribution in [0.5, 0.6) is 0 Å². The summed E-state index contributed by atoms with van der Waals surface area (Å²) < 4.78 is 17.6. The number of aromatic amines is 1. The third kappa shape index (κ3) is 2.74. The molecule has 0 bridgehead atoms. The fourth-order valence-electron chi connectivity index (χ4n) is 3.26. The van der Waals surface area contributed by atoms with Crippen molar-refractivity contribution in [2.75, 3.05) is 4.72 Å². The van der Waals surface area contributed by atoms with Gasteiger partial charge in [0.25, 0.3) is 0 Å². The molecule has 0 radical (unpaired) electrons. The third-order valence-corrected chi connectivity index (χ3v) is 5.70. The minimum atomic E-state index is -1.45. The number of anilines is 1. The Hall–Kier alpha value is -3.52. The van der Waals surface area contributed by atoms with Crippen LogP contribution in [0.3, 0.4) is 0 Å². The van der Waals surface area contributed by atoms with E-state index in [-0.39, 0.29) is 0 Å². The number of aromatic nitrogens is 5. The van der Waals surface area contributed by atoms with Gasteiger partial charge in [0, 0.05) is 24.0 Å². The predicted molar refractivity (Wildman–Crippen MR) is 110 cm³/mol. The molecular formula is C20H16N6OS. The number of nitrogens with one attached hydrogen (secondary N) is 2. The zero-order valence-corrected chi connectivity index (χ0v) is 15.8. The lowest BCUT2D eigenvalue weighted by molar-refractivity contribution is 0.686. The van der Waals surface area contributed by atoms with E-state index in [1.165, 1.54) is 0 Å². The van der Waals surface area contributed by atoms with Crippen molar-refractivity contribution in [1.82, 2.24) is 25.0 Å². The average Bonchev–Trinajstić information content (AvgIpc) is 3.33. The number of benzene rings is 2. The fourth-order valence-corrected chi connectivity index (χ4v) is 4.09. The first-order valence-corrected chi connectivity index (χ1v) is 9.84. The maximum atomic E-state index is 12.8. The van der Waals surface area contributed by atoms with Crippen LogP contribution in [0.4, 0.5) is 5.69 Å². The summed E-state index contributed by atoms with van der Waals surface area (Å²) >= 11 is 0. The van der Waals surface area contributed by atoms with Gasteiger partial charge in [0.15, 0.2) is 11.0 Å². The largest absolute Gasteiger partial charge is 0.299 e. The molecule has 2 N–H and O–H groups in total. The quantitative estimate of drug-likeness (QED) is 0.492. The van der Waals surface area contributed by atoms with E-state index in [1.807, 2.05) is 55.6 Å². The van der Waals surface area contributed by atoms with Crippen LogP contribution in [0.1, 0.15) is 0 Å². The normalized spacial score (nSPS) is 12.5. The molecule has 2 aromatic carbocycles. The summed E-state index contributed by atoms with van der Waals surface area (Å²) in [6.45, 7) is 0. The van der Waals surface area contributed by atoms with Gasteiger partial charge in [-0.2, -0.15) is 10.2 Å². The molecule has 0 amide bonds. The van der Waals surface area contributed by atoms with Crippen LogP contribution in [0.25, 0.3) is 33.2 Å². The first-order valence-electron chi connectivity index (χ1n) is 8.69. The SMILES string of the molecule is Cn1ncc2cccc(NS(=O)c3ccc(-c4n[nH]c5ccccc45)nc3)c21. The second-order valence-electron chi connectivity index (χ2n) is 6.38. The molecule has 1 unspecified atom stereocenters. The van der Waals surface area contributed by atoms with Crippen molar-refractivity contribution in [3.63, 3.8) is 0 Å². The van der Waals surface area contributed by atoms with Crippen LogP contribution in [0, 0.1) is 0 Å². The number of H-pyrrole nitrogens is 1. The number of fused-ring (bicyclic) bond motifs is 2. The first-order chi connectivity index (χ1) is 13.7. The summed E-state index contributed by atoms with van der Waals surface area (Å²) in [5, 5.41) is 13.6. The molecule has 5 rings (SSSR count). The zero-order chi connectivity index (χ0) is 19.1. The van der Waals surface area contributed by atoms with Crippen molar-refractivity contribution in [3.05, 3.63) is 67.0 Å². The zero-order valence-electron chi connectivity index (χ0n) is 15.0. The second kappa shape index (κ2) is 6.58. The Morgan fingerprint density at radius 2 is 1.93 bits per heavy atom. The van der Waals surface area contributed by atoms with E-state index in [2.05, 4.69) is 25.0 Å². The molecule has 8 heteroatoms. The minimum absolute atomic E-state index is 0.586. The summed E-state index contributed by atoms with van der Waals surface area (Å²) in [7, 11) is 0.415. The van der Waals surface area contributed by atoms with E-state index >= 15 is 0 Å². The lowest BCUT2D eigenvalue weighted by atomic mass is 10.1. The van der Waals surface area contributed by atoms with Gasteiger partial charge in [0.2, 0.25) is 0 Å². The predicted octanol–water partition coefficient (Wildman–Crippen LogP) is 3.65. The van der Waals surface area contributed by atoms with Gasteiger partial charge in [0.05, 0.1) is 33.5 Å². The molecule has 3 heterocycles. The van der Waals surface area contributed by atoms with E-state index in [0.29, 0.717) is 4.90 Å². The van der Waals surface area contributed by atoms with Crippen LogP contribution in [-0.2, 0) is 18.0 Å². The number of hydrogen-bond donors (Lipinski definition) is 2. The maximum absolute atomic E-state index is 12.8. The monoisotopic (exact) mass is 388 g/mol. The van der Waals surface area contributed by atoms with Crippen molar-refractivity contribution in [2.45, 2.75) is 4.90 Å². The number of rotatable bonds is 4. The second-order valence-corrected chi connectivity index (χ2v) is 7.59. The van der Waals surface area contributed by atoms with Crippen LogP contribution >= 0.6 is 0 Å². The van der Waals surface area contributed by atoms with Crippen LogP contribution in [-0.4, -0.2) is 29.2 Å². The van der Waals surface area contributed by atoms with Gasteiger partial charge in [-0.05, 0) is 24.3 Å². The van der Waals surface area contributed by atoms with E-state index in [9.17, 15) is 4.21 Å². The molecule has 0 aliphatic rings. The lowest BCUT2D eigenvalue weighted by Gasteiger charge is -2.08. The molecule has 1 atom stereocenters. The van der Waals surface area contributed by atoms with Gasteiger partial charge in [-0.15, -0.1) is 0 Å². The highest BCUT2D eigenvalue weighted by Gasteiger charge is 2.12. The van der Waals surface area contributed by atoms with E-state index in [4.69, 9.17) is 0 Å². The smallest absolute Gasteiger partial charge is 0.151 e. The molecule has 28 heavy (non-hydrogen) atoms. The summed E-state index contributed by atoms with van der Waals surface area (Å²) in [4.78, 5) is 5.06. The van der Waals surface area contributed by atoms with Gasteiger partial charge >= 0.3 is 0 Å². The lowest BCUT2D eigenvalue weighted by Crippen LogP contribution is -2.06. The Morgan fingerprint density at radius 1 is 1.04 bits per heavy atom. The van der Waals surface area contributed by atoms with Crippen molar-refractivity contribution in [3.8, 4) is 11.4 Å². The van der Waals surface area contributed by atoms with Crippen LogP contribution in [0.15, 0.2) is 71.9 Å². The average molecular weight is 388 g/mol. The Bertz CT molecular complexity index is 1320. The van der Waals surface area contributed by atoms with Crippen molar-refractivity contribution >= 4 is 38.5 Å². The third-order valence-electron chi connectivity index (χ3n) is 4.63. The Balaban J connectivity index is 1.44. The molecule has 0 saturated carbocycles. The van der Waals surface area contributed by atoms with Gasteiger partial charge in [-0.25, -0.2) is 4.21 Å². The Morgan fingerprint density at radius 3 is 2.79 bits per heavy atom. The van der Waals surface area contributed by atoms with Crippen LogP contribution < -0.4 is 4.72 Å². The van der Waals surface area contributed by atoms with E-state index in [0.717, 1.165) is 38.9 Å². The molecule has 7 nitrogen and oxygen atoms in total. The number of pyridine rings is 1. The molecule has 0 aliphatic heterocycles. The van der Waals surface area contributed by atoms with Gasteiger partial charge in [-0.3, -0.25) is 19.5 Å². The molecule has 0 aliphatic carbocycles. The Kier molecular flexibility index (Phi) is 3.91. The van der Waals surface area contributed by atoms with Gasteiger partial charge < -0.3 is 0 Å². The molecule has 0 fully saturated rings. The van der Waals surface area contributed by atoms with Crippen LogP contribution in [0.2, 0.25) is 0 Å². The number of para-hydroxylation sites is 2. The van der Waals surface area contributed by atoms with Crippen molar-refractivity contribution in [2.24, 2.45) is 7.05 Å². The molecular weight excluding hydrogens is 372 g/mol. The molecule has 0 saturated heterocycles. The minimum Gasteiger partial charge on any atom is -0.299 e. The summed E-state index contributed by atoms with van der Waals surface area (Å²) in [6.07, 6.45) is 3.40. The fraction of sp³-hybridized carbons (Fsp3) is 0.0500. The topological polar surface area (TPSA) is 88.5 Å². The number of aryl methyl sites for hydroxylation is 1. The maximum Gasteiger partial charge on any atom is 0.151 e. The van der Waals surface area contributed by atoms with Gasteiger partial charge in [-0.1, -0.05) is 30.3 Å². The number of hydrogen-bond acceptors (Lipinski definition) is 4. The summed E-state index contributed by atoms with van der Waals surface area (Å²) in [6, 6.07) is 17.3. The van der Waals surface area contributed by atoms with Crippen molar-refractivity contribution < 1.29 is 4.21 Å². The highest BCUT2D eigenvalue weighted by molar-refractivity contribution is 7.86. The van der Waals surface area contributed by atoms with Crippen molar-refractivity contribution in [1.29, 1.82) is 0 Å². The van der Waals surface area contributed by atoms with E-state index < -0.39 is 11.0 Å². The molecule has 0 spiro atoms. The van der Waals surface area contributed by atoms with E-state index in [1.54, 1.807) is 23.1 Å². The summed E-state index contributed by atoms with van der Waals surface area (Å²) in [5.41, 5.74) is 4.13. The van der Waals surface area contributed by atoms with Gasteiger partial charge in [0.1, 0.15) is 5.69 Å². The molecule has 138 valence electrons. The molecule has 3 aromatic heterocycles.